The zero-order chi connectivity index (χ0) is 15.0. The van der Waals surface area contributed by atoms with Crippen molar-refractivity contribution in [2.24, 2.45) is 5.73 Å². The van der Waals surface area contributed by atoms with Crippen molar-refractivity contribution in [2.45, 2.75) is 26.9 Å². The Morgan fingerprint density at radius 1 is 1.19 bits per heavy atom. The minimum atomic E-state index is 0.528. The van der Waals surface area contributed by atoms with E-state index in [0.29, 0.717) is 6.54 Å². The molecular weight excluding hydrogens is 282 g/mol. The van der Waals surface area contributed by atoms with Crippen LogP contribution in [0.25, 0.3) is 22.4 Å². The van der Waals surface area contributed by atoms with E-state index in [-0.39, 0.29) is 0 Å². The molecule has 2 N–H and O–H groups in total. The minimum absolute atomic E-state index is 0.528. The fourth-order valence-corrected chi connectivity index (χ4v) is 3.00. The Morgan fingerprint density at radius 3 is 2.67 bits per heavy atom. The second-order valence-electron chi connectivity index (χ2n) is 5.22. The highest BCUT2D eigenvalue weighted by Gasteiger charge is 2.12. The molecule has 1 aromatic heterocycles. The minimum Gasteiger partial charge on any atom is -0.326 e. The average molecular weight is 300 g/mol. The Labute approximate surface area is 129 Å². The van der Waals surface area contributed by atoms with Gasteiger partial charge < -0.3 is 10.3 Å². The molecule has 0 atom stereocenters. The van der Waals surface area contributed by atoms with Crippen LogP contribution in [0.5, 0.6) is 0 Å². The van der Waals surface area contributed by atoms with Crippen LogP contribution in [0.1, 0.15) is 18.1 Å². The number of aryl methyl sites for hydroxylation is 2. The molecular formula is C17H18ClN3. The summed E-state index contributed by atoms with van der Waals surface area (Å²) < 4.78 is 2.21. The van der Waals surface area contributed by atoms with Crippen LogP contribution < -0.4 is 5.73 Å². The van der Waals surface area contributed by atoms with Gasteiger partial charge in [-0.3, -0.25) is 0 Å². The van der Waals surface area contributed by atoms with Crippen LogP contribution >= 0.6 is 11.6 Å². The largest absolute Gasteiger partial charge is 0.326 e. The van der Waals surface area contributed by atoms with Crippen molar-refractivity contribution < 1.29 is 0 Å². The average Bonchev–Trinajstić information content (AvgIpc) is 2.83. The number of fused-ring (bicyclic) bond motifs is 1. The predicted octanol–water partition coefficient (Wildman–Crippen LogP) is 4.14. The van der Waals surface area contributed by atoms with Gasteiger partial charge >= 0.3 is 0 Å². The Bertz CT molecular complexity index is 785. The van der Waals surface area contributed by atoms with Crippen molar-refractivity contribution in [1.29, 1.82) is 0 Å². The third-order valence-electron chi connectivity index (χ3n) is 3.66. The molecule has 0 amide bonds. The molecule has 0 spiro atoms. The van der Waals surface area contributed by atoms with E-state index in [0.717, 1.165) is 45.1 Å². The number of imidazole rings is 1. The molecule has 0 aliphatic heterocycles. The number of halogens is 1. The van der Waals surface area contributed by atoms with Crippen LogP contribution in [0.2, 0.25) is 5.02 Å². The molecule has 0 radical (unpaired) electrons. The first-order chi connectivity index (χ1) is 10.1. The summed E-state index contributed by atoms with van der Waals surface area (Å²) in [6, 6.07) is 12.2. The number of nitrogens with two attached hydrogens (primary N) is 1. The fourth-order valence-electron chi connectivity index (χ4n) is 2.71. The highest BCUT2D eigenvalue weighted by Crippen LogP contribution is 2.28. The number of nitrogens with zero attached hydrogens (tertiary/aromatic N) is 2. The summed E-state index contributed by atoms with van der Waals surface area (Å²) >= 11 is 6.19. The van der Waals surface area contributed by atoms with E-state index in [1.165, 1.54) is 0 Å². The summed E-state index contributed by atoms with van der Waals surface area (Å²) in [4.78, 5) is 4.79. The number of hydrogen-bond donors (Lipinski definition) is 1. The molecule has 21 heavy (non-hydrogen) atoms. The lowest BCUT2D eigenvalue weighted by atomic mass is 10.1. The zero-order valence-electron chi connectivity index (χ0n) is 12.2. The first-order valence-corrected chi connectivity index (χ1v) is 7.47. The molecule has 0 fully saturated rings. The standard InChI is InChI=1S/C17H18ClN3/c1-3-21-16-5-4-12(10-19)8-15(16)20-17(21)13-6-11(2)7-14(18)9-13/h4-9H,3,10,19H2,1-2H3. The van der Waals surface area contributed by atoms with Crippen LogP contribution in [0.15, 0.2) is 36.4 Å². The molecule has 108 valence electrons. The van der Waals surface area contributed by atoms with Crippen molar-refractivity contribution in [2.75, 3.05) is 0 Å². The number of aromatic nitrogens is 2. The Morgan fingerprint density at radius 2 is 2.00 bits per heavy atom. The quantitative estimate of drug-likeness (QED) is 0.790. The third-order valence-corrected chi connectivity index (χ3v) is 3.88. The van der Waals surface area contributed by atoms with Crippen molar-refractivity contribution in [3.8, 4) is 11.4 Å². The molecule has 3 nitrogen and oxygen atoms in total. The van der Waals surface area contributed by atoms with E-state index in [4.69, 9.17) is 22.3 Å². The van der Waals surface area contributed by atoms with E-state index in [1.54, 1.807) is 0 Å². The molecule has 4 heteroatoms. The van der Waals surface area contributed by atoms with Crippen molar-refractivity contribution in [3.05, 3.63) is 52.5 Å². The molecule has 0 saturated heterocycles. The zero-order valence-corrected chi connectivity index (χ0v) is 13.0. The SMILES string of the molecule is CCn1c(-c2cc(C)cc(Cl)c2)nc2cc(CN)ccc21. The highest BCUT2D eigenvalue weighted by molar-refractivity contribution is 6.30. The van der Waals surface area contributed by atoms with Crippen molar-refractivity contribution in [3.63, 3.8) is 0 Å². The van der Waals surface area contributed by atoms with Gasteiger partial charge in [0.05, 0.1) is 11.0 Å². The molecule has 0 aliphatic carbocycles. The number of rotatable bonds is 3. The summed E-state index contributed by atoms with van der Waals surface area (Å²) in [7, 11) is 0. The van der Waals surface area contributed by atoms with E-state index >= 15 is 0 Å². The van der Waals surface area contributed by atoms with Crippen LogP contribution in [-0.4, -0.2) is 9.55 Å². The summed E-state index contributed by atoms with van der Waals surface area (Å²) in [5.74, 6) is 0.951. The summed E-state index contributed by atoms with van der Waals surface area (Å²) in [6.45, 7) is 5.56. The topological polar surface area (TPSA) is 43.8 Å². The molecule has 0 bridgehead atoms. The molecule has 2 aromatic carbocycles. The van der Waals surface area contributed by atoms with Crippen molar-refractivity contribution in [1.82, 2.24) is 9.55 Å². The third kappa shape index (κ3) is 2.55. The maximum absolute atomic E-state index is 6.19. The van der Waals surface area contributed by atoms with E-state index < -0.39 is 0 Å². The van der Waals surface area contributed by atoms with E-state index in [1.807, 2.05) is 19.1 Å². The summed E-state index contributed by atoms with van der Waals surface area (Å²) in [5.41, 5.74) is 11.1. The first-order valence-electron chi connectivity index (χ1n) is 7.09. The number of benzene rings is 2. The van der Waals surface area contributed by atoms with Crippen LogP contribution in [0.3, 0.4) is 0 Å². The van der Waals surface area contributed by atoms with Crippen LogP contribution in [0.4, 0.5) is 0 Å². The smallest absolute Gasteiger partial charge is 0.141 e. The normalized spacial score (nSPS) is 11.2. The van der Waals surface area contributed by atoms with Gasteiger partial charge in [-0.05, 0) is 55.3 Å². The van der Waals surface area contributed by atoms with Crippen LogP contribution in [-0.2, 0) is 13.1 Å². The van der Waals surface area contributed by atoms with Gasteiger partial charge in [0.15, 0.2) is 0 Å². The fraction of sp³-hybridized carbons (Fsp3) is 0.235. The van der Waals surface area contributed by atoms with Gasteiger partial charge in [0.1, 0.15) is 5.82 Å². The second-order valence-corrected chi connectivity index (χ2v) is 5.66. The lowest BCUT2D eigenvalue weighted by Crippen LogP contribution is -1.98. The molecule has 3 aromatic rings. The molecule has 1 heterocycles. The summed E-state index contributed by atoms with van der Waals surface area (Å²) in [6.07, 6.45) is 0. The van der Waals surface area contributed by atoms with E-state index in [2.05, 4.69) is 35.8 Å². The van der Waals surface area contributed by atoms with Gasteiger partial charge in [0.25, 0.3) is 0 Å². The van der Waals surface area contributed by atoms with Crippen molar-refractivity contribution >= 4 is 22.6 Å². The highest BCUT2D eigenvalue weighted by atomic mass is 35.5. The maximum Gasteiger partial charge on any atom is 0.141 e. The predicted molar refractivity (Wildman–Crippen MR) is 88.5 cm³/mol. The summed E-state index contributed by atoms with van der Waals surface area (Å²) in [5, 5.41) is 0.738. The number of hydrogen-bond acceptors (Lipinski definition) is 2. The van der Waals surface area contributed by atoms with Gasteiger partial charge in [-0.1, -0.05) is 17.7 Å². The monoisotopic (exact) mass is 299 g/mol. The molecule has 0 saturated carbocycles. The Hall–Kier alpha value is -1.84. The van der Waals surface area contributed by atoms with Gasteiger partial charge in [-0.2, -0.15) is 0 Å². The maximum atomic E-state index is 6.19. The van der Waals surface area contributed by atoms with Gasteiger partial charge in [0.2, 0.25) is 0 Å². The molecule has 3 rings (SSSR count). The second kappa shape index (κ2) is 5.51. The molecule has 0 unspecified atom stereocenters. The lowest BCUT2D eigenvalue weighted by molar-refractivity contribution is 0.796. The first kappa shape index (κ1) is 14.1. The van der Waals surface area contributed by atoms with Crippen LogP contribution in [0, 0.1) is 6.92 Å². The van der Waals surface area contributed by atoms with E-state index in [9.17, 15) is 0 Å². The van der Waals surface area contributed by atoms with Gasteiger partial charge in [0, 0.05) is 23.7 Å². The van der Waals surface area contributed by atoms with Gasteiger partial charge in [-0.25, -0.2) is 4.98 Å². The van der Waals surface area contributed by atoms with Gasteiger partial charge in [-0.15, -0.1) is 0 Å². The lowest BCUT2D eigenvalue weighted by Gasteiger charge is -2.07. The Kier molecular flexibility index (Phi) is 3.70. The Balaban J connectivity index is 2.26. The molecule has 0 aliphatic rings.